The quantitative estimate of drug-likeness (QED) is 0.870. The fourth-order valence-corrected chi connectivity index (χ4v) is 3.12. The number of carbonyl (C=O) groups excluding carboxylic acids is 1. The van der Waals surface area contributed by atoms with Crippen LogP contribution >= 0.6 is 15.9 Å². The number of aliphatic carboxylic acids is 1. The van der Waals surface area contributed by atoms with Crippen LogP contribution in [0.4, 0.5) is 4.39 Å². The highest BCUT2D eigenvalue weighted by molar-refractivity contribution is 9.10. The maximum Gasteiger partial charge on any atom is 0.329 e. The summed E-state index contributed by atoms with van der Waals surface area (Å²) in [5.41, 5.74) is -0.510. The van der Waals surface area contributed by atoms with Gasteiger partial charge < -0.3 is 10.4 Å². The van der Waals surface area contributed by atoms with Gasteiger partial charge in [-0.2, -0.15) is 0 Å². The summed E-state index contributed by atoms with van der Waals surface area (Å²) in [5.74, 6) is -1.72. The number of carboxylic acid groups (broad SMARTS) is 1. The van der Waals surface area contributed by atoms with Gasteiger partial charge in [-0.15, -0.1) is 0 Å². The van der Waals surface area contributed by atoms with Gasteiger partial charge >= 0.3 is 5.97 Å². The Labute approximate surface area is 130 Å². The van der Waals surface area contributed by atoms with E-state index in [0.717, 1.165) is 19.3 Å². The molecule has 114 valence electrons. The summed E-state index contributed by atoms with van der Waals surface area (Å²) in [6, 6.07) is 4.33. The molecule has 0 bridgehead atoms. The minimum absolute atomic E-state index is 0.0356. The van der Waals surface area contributed by atoms with E-state index in [1.165, 1.54) is 18.2 Å². The third kappa shape index (κ3) is 3.81. The van der Waals surface area contributed by atoms with Crippen molar-refractivity contribution in [3.63, 3.8) is 0 Å². The number of hydrogen-bond acceptors (Lipinski definition) is 2. The maximum atomic E-state index is 13.2. The zero-order valence-corrected chi connectivity index (χ0v) is 13.1. The maximum absolute atomic E-state index is 13.2. The van der Waals surface area contributed by atoms with Crippen LogP contribution < -0.4 is 5.32 Å². The summed E-state index contributed by atoms with van der Waals surface area (Å²) < 4.78 is 13.4. The molecular formula is C15H17BrFNO3. The van der Waals surface area contributed by atoms with Crippen LogP contribution in [0.1, 0.15) is 37.7 Å². The van der Waals surface area contributed by atoms with E-state index in [2.05, 4.69) is 21.2 Å². The number of carboxylic acids is 1. The van der Waals surface area contributed by atoms with Gasteiger partial charge in [-0.3, -0.25) is 4.79 Å². The van der Waals surface area contributed by atoms with Gasteiger partial charge in [0.25, 0.3) is 0 Å². The molecule has 0 aromatic heterocycles. The molecule has 0 spiro atoms. The first-order valence-corrected chi connectivity index (χ1v) is 7.71. The van der Waals surface area contributed by atoms with E-state index in [-0.39, 0.29) is 12.3 Å². The SMILES string of the molecule is O=C(Cc1ccc(F)c(Br)c1)NC1(C(=O)O)CCCCC1. The first-order chi connectivity index (χ1) is 9.93. The van der Waals surface area contributed by atoms with E-state index in [1.807, 2.05) is 0 Å². The molecule has 1 fully saturated rings. The number of benzene rings is 1. The van der Waals surface area contributed by atoms with Crippen LogP contribution in [-0.4, -0.2) is 22.5 Å². The lowest BCUT2D eigenvalue weighted by Gasteiger charge is -2.34. The second kappa shape index (κ2) is 6.56. The number of nitrogens with one attached hydrogen (secondary N) is 1. The van der Waals surface area contributed by atoms with Gasteiger partial charge in [-0.1, -0.05) is 25.3 Å². The van der Waals surface area contributed by atoms with Crippen molar-refractivity contribution in [2.45, 2.75) is 44.1 Å². The molecule has 2 N–H and O–H groups in total. The van der Waals surface area contributed by atoms with E-state index in [9.17, 15) is 19.1 Å². The Balaban J connectivity index is 2.05. The highest BCUT2D eigenvalue weighted by atomic mass is 79.9. The van der Waals surface area contributed by atoms with Crippen LogP contribution in [0.15, 0.2) is 22.7 Å². The number of halogens is 2. The lowest BCUT2D eigenvalue weighted by molar-refractivity contribution is -0.149. The van der Waals surface area contributed by atoms with Gasteiger partial charge in [0, 0.05) is 0 Å². The number of rotatable bonds is 4. The molecule has 0 atom stereocenters. The fourth-order valence-electron chi connectivity index (χ4n) is 2.69. The van der Waals surface area contributed by atoms with Crippen molar-refractivity contribution in [2.75, 3.05) is 0 Å². The molecule has 1 aliphatic rings. The number of amides is 1. The summed E-state index contributed by atoms with van der Waals surface area (Å²) in [7, 11) is 0. The molecular weight excluding hydrogens is 341 g/mol. The summed E-state index contributed by atoms with van der Waals surface area (Å²) in [5, 5.41) is 12.1. The zero-order chi connectivity index (χ0) is 15.5. The molecule has 6 heteroatoms. The molecule has 4 nitrogen and oxygen atoms in total. The largest absolute Gasteiger partial charge is 0.480 e. The fraction of sp³-hybridized carbons (Fsp3) is 0.467. The Morgan fingerprint density at radius 3 is 2.52 bits per heavy atom. The van der Waals surface area contributed by atoms with E-state index in [0.29, 0.717) is 22.9 Å². The van der Waals surface area contributed by atoms with Crippen LogP contribution in [0.2, 0.25) is 0 Å². The Bertz CT molecular complexity index is 556. The molecule has 0 unspecified atom stereocenters. The standard InChI is InChI=1S/C15H17BrFNO3/c16-11-8-10(4-5-12(11)17)9-13(19)18-15(14(20)21)6-2-1-3-7-15/h4-5,8H,1-3,6-7,9H2,(H,18,19)(H,20,21). The smallest absolute Gasteiger partial charge is 0.329 e. The third-order valence-corrected chi connectivity index (χ3v) is 4.45. The number of hydrogen-bond donors (Lipinski definition) is 2. The molecule has 1 aliphatic carbocycles. The first-order valence-electron chi connectivity index (χ1n) is 6.91. The Hall–Kier alpha value is -1.43. The Morgan fingerprint density at radius 2 is 1.95 bits per heavy atom. The third-order valence-electron chi connectivity index (χ3n) is 3.84. The van der Waals surface area contributed by atoms with Crippen molar-refractivity contribution < 1.29 is 19.1 Å². The minimum atomic E-state index is -1.15. The Kier molecular flexibility index (Phi) is 4.98. The van der Waals surface area contributed by atoms with Crippen molar-refractivity contribution >= 4 is 27.8 Å². The summed E-state index contributed by atoms with van der Waals surface area (Å²) in [4.78, 5) is 23.6. The zero-order valence-electron chi connectivity index (χ0n) is 11.5. The van der Waals surface area contributed by atoms with Gasteiger partial charge in [0.2, 0.25) is 5.91 Å². The average molecular weight is 358 g/mol. The molecule has 2 rings (SSSR count). The van der Waals surface area contributed by atoms with Crippen LogP contribution in [0.3, 0.4) is 0 Å². The van der Waals surface area contributed by atoms with Gasteiger partial charge in [0.05, 0.1) is 10.9 Å². The molecule has 1 saturated carbocycles. The van der Waals surface area contributed by atoms with Gasteiger partial charge in [-0.25, -0.2) is 9.18 Å². The summed E-state index contributed by atoms with van der Waals surface area (Å²) >= 11 is 3.07. The Morgan fingerprint density at radius 1 is 1.29 bits per heavy atom. The summed E-state index contributed by atoms with van der Waals surface area (Å²) in [6.45, 7) is 0. The molecule has 1 aromatic carbocycles. The molecule has 0 aliphatic heterocycles. The number of carbonyl (C=O) groups is 2. The van der Waals surface area contributed by atoms with Gasteiger partial charge in [0.15, 0.2) is 0 Å². The monoisotopic (exact) mass is 357 g/mol. The minimum Gasteiger partial charge on any atom is -0.480 e. The van der Waals surface area contributed by atoms with E-state index in [1.54, 1.807) is 0 Å². The van der Waals surface area contributed by atoms with Crippen LogP contribution in [0, 0.1) is 5.82 Å². The van der Waals surface area contributed by atoms with Gasteiger partial charge in [-0.05, 0) is 46.5 Å². The van der Waals surface area contributed by atoms with Crippen LogP contribution in [0.25, 0.3) is 0 Å². The molecule has 0 saturated heterocycles. The molecule has 21 heavy (non-hydrogen) atoms. The lowest BCUT2D eigenvalue weighted by Crippen LogP contribution is -2.55. The van der Waals surface area contributed by atoms with E-state index >= 15 is 0 Å². The molecule has 0 radical (unpaired) electrons. The van der Waals surface area contributed by atoms with Crippen molar-refractivity contribution in [3.8, 4) is 0 Å². The van der Waals surface area contributed by atoms with E-state index < -0.39 is 17.3 Å². The predicted molar refractivity (Wildman–Crippen MR) is 79.4 cm³/mol. The first kappa shape index (κ1) is 15.9. The normalized spacial score (nSPS) is 17.2. The van der Waals surface area contributed by atoms with Gasteiger partial charge in [0.1, 0.15) is 11.4 Å². The second-order valence-corrected chi connectivity index (χ2v) is 6.28. The average Bonchev–Trinajstić information content (AvgIpc) is 2.43. The van der Waals surface area contributed by atoms with Crippen molar-refractivity contribution in [1.29, 1.82) is 0 Å². The topological polar surface area (TPSA) is 66.4 Å². The van der Waals surface area contributed by atoms with Crippen molar-refractivity contribution in [1.82, 2.24) is 5.32 Å². The highest BCUT2D eigenvalue weighted by Gasteiger charge is 2.40. The second-order valence-electron chi connectivity index (χ2n) is 5.42. The highest BCUT2D eigenvalue weighted by Crippen LogP contribution is 2.28. The summed E-state index contributed by atoms with van der Waals surface area (Å²) in [6.07, 6.45) is 3.55. The van der Waals surface area contributed by atoms with Crippen molar-refractivity contribution in [2.24, 2.45) is 0 Å². The molecule has 1 aromatic rings. The van der Waals surface area contributed by atoms with Crippen LogP contribution in [0.5, 0.6) is 0 Å². The molecule has 0 heterocycles. The lowest BCUT2D eigenvalue weighted by atomic mass is 9.81. The predicted octanol–water partition coefficient (Wildman–Crippen LogP) is 3.03. The van der Waals surface area contributed by atoms with Crippen molar-refractivity contribution in [3.05, 3.63) is 34.1 Å². The molecule has 1 amide bonds. The van der Waals surface area contributed by atoms with E-state index in [4.69, 9.17) is 0 Å². The van der Waals surface area contributed by atoms with Crippen LogP contribution in [-0.2, 0) is 16.0 Å².